The summed E-state index contributed by atoms with van der Waals surface area (Å²) in [6.07, 6.45) is 0.443. The second-order valence-electron chi connectivity index (χ2n) is 7.38. The average Bonchev–Trinajstić information content (AvgIpc) is 2.85. The third kappa shape index (κ3) is 4.91. The van der Waals surface area contributed by atoms with Gasteiger partial charge in [-0.2, -0.15) is 0 Å². The molecule has 0 aliphatic heterocycles. The summed E-state index contributed by atoms with van der Waals surface area (Å²) in [5, 5.41) is 4.68. The largest absolute Gasteiger partial charge is 0.297 e. The highest BCUT2D eigenvalue weighted by Gasteiger charge is 2.33. The highest BCUT2D eigenvalue weighted by Crippen LogP contribution is 2.40. The quantitative estimate of drug-likeness (QED) is 0.319. The van der Waals surface area contributed by atoms with Crippen LogP contribution in [0.4, 0.5) is 0 Å². The maximum absolute atomic E-state index is 14.5. The van der Waals surface area contributed by atoms with Gasteiger partial charge in [0.2, 0.25) is 7.29 Å². The molecule has 1 N–H and O–H groups in total. The van der Waals surface area contributed by atoms with Crippen molar-refractivity contribution in [1.82, 2.24) is 5.09 Å². The molecule has 4 rings (SSSR count). The van der Waals surface area contributed by atoms with Crippen LogP contribution in [0.25, 0.3) is 0 Å². The molecule has 0 unspecified atom stereocenters. The Hall–Kier alpha value is -3.26. The molecular weight excluding hydrogens is 401 g/mol. The van der Waals surface area contributed by atoms with E-state index in [1.807, 2.05) is 109 Å². The summed E-state index contributed by atoms with van der Waals surface area (Å²) < 4.78 is 14.5. The van der Waals surface area contributed by atoms with Crippen molar-refractivity contribution in [2.45, 2.75) is 12.5 Å². The van der Waals surface area contributed by atoms with E-state index < -0.39 is 13.3 Å². The predicted octanol–water partition coefficient (Wildman–Crippen LogP) is 5.00. The zero-order valence-electron chi connectivity index (χ0n) is 17.1. The van der Waals surface area contributed by atoms with E-state index >= 15 is 0 Å². The highest BCUT2D eigenvalue weighted by molar-refractivity contribution is 7.77. The fraction of sp³-hybridized carbons (Fsp3) is 0.0741. The Morgan fingerprint density at radius 1 is 0.645 bits per heavy atom. The van der Waals surface area contributed by atoms with Gasteiger partial charge in [0.05, 0.1) is 6.04 Å². The van der Waals surface area contributed by atoms with Crippen molar-refractivity contribution in [1.29, 1.82) is 0 Å². The van der Waals surface area contributed by atoms with Gasteiger partial charge in [-0.25, -0.2) is 5.09 Å². The van der Waals surface area contributed by atoms with Gasteiger partial charge in [0.15, 0.2) is 5.78 Å². The van der Waals surface area contributed by atoms with Crippen LogP contribution in [0.5, 0.6) is 0 Å². The first-order valence-electron chi connectivity index (χ1n) is 10.3. The number of hydrogen-bond donors (Lipinski definition) is 1. The number of Topliss-reactive ketones (excluding diaryl/α,β-unsaturated/α-hetero) is 1. The fourth-order valence-electron chi connectivity index (χ4n) is 3.64. The highest BCUT2D eigenvalue weighted by atomic mass is 31.2. The Kier molecular flexibility index (Phi) is 6.57. The standard InChI is InChI=1S/C27H24NO2P/c29-27(23-15-7-2-8-16-23)26(21-22-13-5-1-6-14-22)28-31(30,24-17-9-3-10-18-24)25-19-11-4-12-20-25/h1-20,26H,21H2,(H,28,30)/t26-/m0/s1. The lowest BCUT2D eigenvalue weighted by molar-refractivity contribution is 0.0953. The molecule has 0 saturated heterocycles. The van der Waals surface area contributed by atoms with Crippen LogP contribution in [0, 0.1) is 0 Å². The number of hydrogen-bond acceptors (Lipinski definition) is 2. The van der Waals surface area contributed by atoms with Crippen LogP contribution >= 0.6 is 7.29 Å². The van der Waals surface area contributed by atoms with Crippen LogP contribution in [0.15, 0.2) is 121 Å². The molecule has 3 nitrogen and oxygen atoms in total. The van der Waals surface area contributed by atoms with E-state index in [0.717, 1.165) is 5.56 Å². The van der Waals surface area contributed by atoms with Crippen molar-refractivity contribution < 1.29 is 9.36 Å². The first-order chi connectivity index (χ1) is 15.2. The molecule has 0 saturated carbocycles. The summed E-state index contributed by atoms with van der Waals surface area (Å²) in [6.45, 7) is 0. The number of benzene rings is 4. The van der Waals surface area contributed by atoms with Gasteiger partial charge < -0.3 is 0 Å². The smallest absolute Gasteiger partial charge is 0.205 e. The summed E-state index contributed by atoms with van der Waals surface area (Å²) in [4.78, 5) is 13.5. The second-order valence-corrected chi connectivity index (χ2v) is 9.89. The molecule has 31 heavy (non-hydrogen) atoms. The first-order valence-corrected chi connectivity index (χ1v) is 12.0. The Morgan fingerprint density at radius 3 is 1.55 bits per heavy atom. The van der Waals surface area contributed by atoms with Gasteiger partial charge in [0.1, 0.15) is 0 Å². The maximum Gasteiger partial charge on any atom is 0.205 e. The molecule has 0 radical (unpaired) electrons. The molecule has 0 spiro atoms. The Morgan fingerprint density at radius 2 is 1.06 bits per heavy atom. The van der Waals surface area contributed by atoms with Crippen molar-refractivity contribution in [2.75, 3.05) is 0 Å². The van der Waals surface area contributed by atoms with Crippen LogP contribution in [-0.4, -0.2) is 11.8 Å². The molecule has 4 aromatic rings. The number of ketones is 1. The Balaban J connectivity index is 1.77. The number of carbonyl (C=O) groups is 1. The third-order valence-corrected chi connectivity index (χ3v) is 7.96. The fourth-order valence-corrected chi connectivity index (χ4v) is 6.07. The summed E-state index contributed by atoms with van der Waals surface area (Å²) in [5.41, 5.74) is 1.61. The second kappa shape index (κ2) is 9.70. The predicted molar refractivity (Wildman–Crippen MR) is 128 cm³/mol. The van der Waals surface area contributed by atoms with Gasteiger partial charge in [-0.05, 0) is 36.2 Å². The lowest BCUT2D eigenvalue weighted by atomic mass is 9.98. The van der Waals surface area contributed by atoms with Crippen LogP contribution in [0.3, 0.4) is 0 Å². The Bertz CT molecular complexity index is 1120. The number of carbonyl (C=O) groups excluding carboxylic acids is 1. The van der Waals surface area contributed by atoms with Crippen LogP contribution in [0.1, 0.15) is 15.9 Å². The third-order valence-electron chi connectivity index (χ3n) is 5.23. The molecule has 0 aliphatic rings. The minimum Gasteiger partial charge on any atom is -0.297 e. The van der Waals surface area contributed by atoms with Crippen LogP contribution in [-0.2, 0) is 11.0 Å². The molecule has 0 fully saturated rings. The normalized spacial score (nSPS) is 12.3. The average molecular weight is 425 g/mol. The lowest BCUT2D eigenvalue weighted by Gasteiger charge is -2.26. The maximum atomic E-state index is 14.5. The van der Waals surface area contributed by atoms with Gasteiger partial charge >= 0.3 is 0 Å². The number of rotatable bonds is 8. The Labute approximate surface area is 183 Å². The van der Waals surface area contributed by atoms with E-state index in [1.165, 1.54) is 0 Å². The summed E-state index contributed by atoms with van der Waals surface area (Å²) in [5.74, 6) is -0.0726. The van der Waals surface area contributed by atoms with Crippen molar-refractivity contribution in [3.63, 3.8) is 0 Å². The van der Waals surface area contributed by atoms with E-state index in [9.17, 15) is 9.36 Å². The summed E-state index contributed by atoms with van der Waals surface area (Å²) >= 11 is 0. The molecular formula is C27H24NO2P. The van der Waals surface area contributed by atoms with E-state index in [2.05, 4.69) is 5.09 Å². The van der Waals surface area contributed by atoms with Crippen molar-refractivity contribution in [2.24, 2.45) is 0 Å². The molecule has 1 atom stereocenters. The van der Waals surface area contributed by atoms with Crippen LogP contribution < -0.4 is 15.7 Å². The molecule has 0 bridgehead atoms. The molecule has 4 aromatic carbocycles. The van der Waals surface area contributed by atoms with Crippen molar-refractivity contribution >= 4 is 23.7 Å². The van der Waals surface area contributed by atoms with E-state index in [-0.39, 0.29) is 5.78 Å². The lowest BCUT2D eigenvalue weighted by Crippen LogP contribution is -2.41. The monoisotopic (exact) mass is 425 g/mol. The molecule has 0 aromatic heterocycles. The molecule has 0 amide bonds. The molecule has 0 heterocycles. The molecule has 4 heteroatoms. The van der Waals surface area contributed by atoms with Crippen LogP contribution in [0.2, 0.25) is 0 Å². The first kappa shape index (κ1) is 21.0. The number of nitrogens with one attached hydrogen (secondary N) is 1. The van der Waals surface area contributed by atoms with Gasteiger partial charge in [0, 0.05) is 16.2 Å². The molecule has 0 aliphatic carbocycles. The minimum atomic E-state index is -3.26. The van der Waals surface area contributed by atoms with Crippen molar-refractivity contribution in [3.8, 4) is 0 Å². The van der Waals surface area contributed by atoms with Gasteiger partial charge in [0.25, 0.3) is 0 Å². The van der Waals surface area contributed by atoms with E-state index in [4.69, 9.17) is 0 Å². The summed E-state index contributed by atoms with van der Waals surface area (Å²) in [7, 11) is -3.26. The zero-order valence-corrected chi connectivity index (χ0v) is 18.0. The van der Waals surface area contributed by atoms with E-state index in [1.54, 1.807) is 12.1 Å². The van der Waals surface area contributed by atoms with E-state index in [0.29, 0.717) is 22.6 Å². The zero-order chi connectivity index (χ0) is 21.5. The topological polar surface area (TPSA) is 46.2 Å². The van der Waals surface area contributed by atoms with Crippen molar-refractivity contribution in [3.05, 3.63) is 132 Å². The SMILES string of the molecule is O=C(c1ccccc1)[C@H](Cc1ccccc1)NP(=O)(c1ccccc1)c1ccccc1. The molecule has 154 valence electrons. The van der Waals surface area contributed by atoms with Gasteiger partial charge in [-0.1, -0.05) is 97.1 Å². The summed E-state index contributed by atoms with van der Waals surface area (Å²) in [6, 6.07) is 37.1. The van der Waals surface area contributed by atoms with Gasteiger partial charge in [-0.15, -0.1) is 0 Å². The minimum absolute atomic E-state index is 0.0726. The van der Waals surface area contributed by atoms with Gasteiger partial charge in [-0.3, -0.25) is 9.36 Å².